The minimum absolute atomic E-state index is 0.0555. The van der Waals surface area contributed by atoms with Crippen LogP contribution in [0.5, 0.6) is 0 Å². The Balaban J connectivity index is 1.87. The maximum Gasteiger partial charge on any atom is 0.351 e. The van der Waals surface area contributed by atoms with Gasteiger partial charge in [-0.2, -0.15) is 4.98 Å². The molecule has 0 bridgehead atoms. The first-order chi connectivity index (χ1) is 13.8. The molecule has 0 radical (unpaired) electrons. The molecule has 2 aliphatic rings. The molecule has 9 heteroatoms. The molecule has 0 aromatic carbocycles. The number of amides is 1. The minimum atomic E-state index is -0.934. The average Bonchev–Trinajstić information content (AvgIpc) is 3.21. The van der Waals surface area contributed by atoms with E-state index in [4.69, 9.17) is 14.2 Å². The van der Waals surface area contributed by atoms with Crippen LogP contribution in [0.2, 0.25) is 0 Å². The molecule has 0 spiro atoms. The summed E-state index contributed by atoms with van der Waals surface area (Å²) in [5, 5.41) is 13.4. The lowest BCUT2D eigenvalue weighted by molar-refractivity contribution is -0.130. The van der Waals surface area contributed by atoms with Crippen molar-refractivity contribution in [2.24, 2.45) is 0 Å². The van der Waals surface area contributed by atoms with Gasteiger partial charge in [-0.3, -0.25) is 9.36 Å². The number of anilines is 1. The lowest BCUT2D eigenvalue weighted by atomic mass is 10.0. The summed E-state index contributed by atoms with van der Waals surface area (Å²) in [5.74, 6) is -0.166. The SMILES string of the molecule is C=C(C)CC1OC(n2ccc(NC(C)=O)nc2=O)C(OC2CCCC2OC)C1O. The predicted molar refractivity (Wildman–Crippen MR) is 105 cm³/mol. The van der Waals surface area contributed by atoms with Gasteiger partial charge in [-0.25, -0.2) is 4.79 Å². The molecule has 1 aromatic rings. The van der Waals surface area contributed by atoms with Crippen LogP contribution in [0.15, 0.2) is 29.2 Å². The Kier molecular flexibility index (Phi) is 6.84. The van der Waals surface area contributed by atoms with Crippen LogP contribution in [0.25, 0.3) is 0 Å². The fourth-order valence-electron chi connectivity index (χ4n) is 3.98. The van der Waals surface area contributed by atoms with Gasteiger partial charge in [0, 0.05) is 20.2 Å². The molecule has 1 aromatic heterocycles. The first-order valence-corrected chi connectivity index (χ1v) is 9.83. The number of hydrogen-bond donors (Lipinski definition) is 2. The van der Waals surface area contributed by atoms with Gasteiger partial charge < -0.3 is 24.6 Å². The van der Waals surface area contributed by atoms with Gasteiger partial charge in [0.25, 0.3) is 0 Å². The highest BCUT2D eigenvalue weighted by atomic mass is 16.6. The van der Waals surface area contributed by atoms with E-state index in [1.165, 1.54) is 23.8 Å². The Labute approximate surface area is 169 Å². The third kappa shape index (κ3) is 4.92. The number of methoxy groups -OCH3 is 1. The van der Waals surface area contributed by atoms with E-state index < -0.39 is 30.2 Å². The molecule has 1 saturated carbocycles. The number of aromatic nitrogens is 2. The first kappa shape index (κ1) is 21.6. The van der Waals surface area contributed by atoms with Gasteiger partial charge in [-0.05, 0) is 38.7 Å². The van der Waals surface area contributed by atoms with E-state index in [-0.39, 0.29) is 23.9 Å². The van der Waals surface area contributed by atoms with E-state index >= 15 is 0 Å². The van der Waals surface area contributed by atoms with Crippen molar-refractivity contribution in [2.75, 3.05) is 12.4 Å². The molecule has 1 saturated heterocycles. The zero-order valence-corrected chi connectivity index (χ0v) is 17.0. The van der Waals surface area contributed by atoms with Crippen LogP contribution in [-0.4, -0.2) is 58.2 Å². The molecule has 1 amide bonds. The van der Waals surface area contributed by atoms with E-state index in [0.29, 0.717) is 6.42 Å². The van der Waals surface area contributed by atoms with Crippen molar-refractivity contribution in [1.29, 1.82) is 0 Å². The maximum atomic E-state index is 12.6. The van der Waals surface area contributed by atoms with Crippen molar-refractivity contribution in [3.05, 3.63) is 34.9 Å². The summed E-state index contributed by atoms with van der Waals surface area (Å²) >= 11 is 0. The second kappa shape index (κ2) is 9.17. The molecule has 2 N–H and O–H groups in total. The van der Waals surface area contributed by atoms with E-state index in [9.17, 15) is 14.7 Å². The molecule has 3 rings (SSSR count). The van der Waals surface area contributed by atoms with Crippen LogP contribution in [0.4, 0.5) is 5.82 Å². The van der Waals surface area contributed by atoms with Crippen molar-refractivity contribution < 1.29 is 24.1 Å². The highest BCUT2D eigenvalue weighted by Gasteiger charge is 2.48. The Bertz CT molecular complexity index is 810. The summed E-state index contributed by atoms with van der Waals surface area (Å²) in [6.45, 7) is 7.08. The molecule has 160 valence electrons. The van der Waals surface area contributed by atoms with Gasteiger partial charge in [0.1, 0.15) is 18.0 Å². The van der Waals surface area contributed by atoms with Gasteiger partial charge in [-0.15, -0.1) is 6.58 Å². The third-order valence-electron chi connectivity index (χ3n) is 5.30. The summed E-state index contributed by atoms with van der Waals surface area (Å²) in [4.78, 5) is 27.7. The zero-order valence-electron chi connectivity index (χ0n) is 17.0. The van der Waals surface area contributed by atoms with Crippen molar-refractivity contribution >= 4 is 11.7 Å². The van der Waals surface area contributed by atoms with E-state index in [1.54, 1.807) is 7.11 Å². The summed E-state index contributed by atoms with van der Waals surface area (Å²) in [6, 6.07) is 1.51. The first-order valence-electron chi connectivity index (χ1n) is 9.83. The monoisotopic (exact) mass is 407 g/mol. The number of carbonyl (C=O) groups is 1. The van der Waals surface area contributed by atoms with Crippen LogP contribution >= 0.6 is 0 Å². The zero-order chi connectivity index (χ0) is 21.1. The maximum absolute atomic E-state index is 12.6. The Morgan fingerprint density at radius 1 is 1.41 bits per heavy atom. The fraction of sp³-hybridized carbons (Fsp3) is 0.650. The predicted octanol–water partition coefficient (Wildman–Crippen LogP) is 1.38. The lowest BCUT2D eigenvalue weighted by Crippen LogP contribution is -2.41. The largest absolute Gasteiger partial charge is 0.387 e. The average molecular weight is 407 g/mol. The van der Waals surface area contributed by atoms with Gasteiger partial charge in [0.15, 0.2) is 6.23 Å². The standard InChI is InChI=1S/C20H29N3O6/c1-11(2)10-15-17(25)18(28-14-7-5-6-13(14)27-4)19(29-15)23-9-8-16(21-12(3)24)22-20(23)26/h8-9,13-15,17-19,25H,1,5-7,10H2,2-4H3,(H,21,22,24,26). The lowest BCUT2D eigenvalue weighted by Gasteiger charge is -2.28. The highest BCUT2D eigenvalue weighted by molar-refractivity contribution is 5.87. The number of hydrogen-bond acceptors (Lipinski definition) is 7. The second-order valence-corrected chi connectivity index (χ2v) is 7.74. The van der Waals surface area contributed by atoms with Gasteiger partial charge in [-0.1, -0.05) is 5.57 Å². The topological polar surface area (TPSA) is 112 Å². The number of rotatable bonds is 7. The molecule has 2 heterocycles. The van der Waals surface area contributed by atoms with E-state index in [0.717, 1.165) is 24.8 Å². The molecule has 6 atom stereocenters. The molecular weight excluding hydrogens is 378 g/mol. The summed E-state index contributed by atoms with van der Waals surface area (Å²) in [7, 11) is 1.64. The number of aliphatic hydroxyl groups is 1. The molecule has 29 heavy (non-hydrogen) atoms. The van der Waals surface area contributed by atoms with E-state index in [2.05, 4.69) is 16.9 Å². The molecule has 1 aliphatic heterocycles. The van der Waals surface area contributed by atoms with Crippen LogP contribution in [0, 0.1) is 0 Å². The van der Waals surface area contributed by atoms with Crippen molar-refractivity contribution in [3.63, 3.8) is 0 Å². The molecule has 9 nitrogen and oxygen atoms in total. The number of carbonyl (C=O) groups excluding carboxylic acids is 1. The Hall–Kier alpha value is -2.07. The molecule has 1 aliphatic carbocycles. The minimum Gasteiger partial charge on any atom is -0.387 e. The van der Waals surface area contributed by atoms with Crippen molar-refractivity contribution in [2.45, 2.75) is 76.3 Å². The quantitative estimate of drug-likeness (QED) is 0.657. The third-order valence-corrected chi connectivity index (χ3v) is 5.30. The molecular formula is C20H29N3O6. The Morgan fingerprint density at radius 2 is 2.14 bits per heavy atom. The number of nitrogens with one attached hydrogen (secondary N) is 1. The number of aliphatic hydroxyl groups excluding tert-OH is 1. The van der Waals surface area contributed by atoms with Gasteiger partial charge in [0.2, 0.25) is 5.91 Å². The highest BCUT2D eigenvalue weighted by Crippen LogP contribution is 2.37. The van der Waals surface area contributed by atoms with Crippen molar-refractivity contribution in [1.82, 2.24) is 9.55 Å². The molecule has 6 unspecified atom stereocenters. The van der Waals surface area contributed by atoms with Crippen LogP contribution in [-0.2, 0) is 19.0 Å². The van der Waals surface area contributed by atoms with E-state index in [1.807, 2.05) is 6.92 Å². The summed E-state index contributed by atoms with van der Waals surface area (Å²) in [6.07, 6.45) is 1.28. The fourth-order valence-corrected chi connectivity index (χ4v) is 3.98. The van der Waals surface area contributed by atoms with Crippen molar-refractivity contribution in [3.8, 4) is 0 Å². The van der Waals surface area contributed by atoms with Gasteiger partial charge >= 0.3 is 5.69 Å². The smallest absolute Gasteiger partial charge is 0.351 e. The van der Waals surface area contributed by atoms with Crippen LogP contribution in [0.1, 0.15) is 45.8 Å². The summed E-state index contributed by atoms with van der Waals surface area (Å²) in [5.41, 5.74) is 0.253. The summed E-state index contributed by atoms with van der Waals surface area (Å²) < 4.78 is 19.0. The van der Waals surface area contributed by atoms with Gasteiger partial charge in [0.05, 0.1) is 18.3 Å². The van der Waals surface area contributed by atoms with Crippen LogP contribution in [0.3, 0.4) is 0 Å². The second-order valence-electron chi connectivity index (χ2n) is 7.74. The normalized spacial score (nSPS) is 31.7. The molecule has 2 fully saturated rings. The van der Waals surface area contributed by atoms with Crippen LogP contribution < -0.4 is 11.0 Å². The Morgan fingerprint density at radius 3 is 2.76 bits per heavy atom. The number of nitrogens with zero attached hydrogens (tertiary/aromatic N) is 2. The number of ether oxygens (including phenoxy) is 3.